The topological polar surface area (TPSA) is 93.9 Å². The molecular formula is C20H23F3N8OS. The molecule has 0 fully saturated rings. The summed E-state index contributed by atoms with van der Waals surface area (Å²) in [4.78, 5) is 12.0. The number of hydrogen-bond acceptors (Lipinski definition) is 9. The first kappa shape index (κ1) is 23.2. The lowest BCUT2D eigenvalue weighted by Gasteiger charge is -2.27. The fraction of sp³-hybridized carbons (Fsp3) is 0.450. The van der Waals surface area contributed by atoms with Crippen LogP contribution in [0.15, 0.2) is 35.7 Å². The van der Waals surface area contributed by atoms with Crippen molar-refractivity contribution in [2.45, 2.75) is 43.7 Å². The van der Waals surface area contributed by atoms with Crippen LogP contribution in [0.2, 0.25) is 0 Å². The fourth-order valence-corrected chi connectivity index (χ4v) is 3.77. The van der Waals surface area contributed by atoms with Crippen LogP contribution in [0.3, 0.4) is 0 Å². The number of fused-ring (bicyclic) bond motifs is 1. The average Bonchev–Trinajstić information content (AvgIpc) is 3.20. The van der Waals surface area contributed by atoms with Gasteiger partial charge in [0.05, 0.1) is 55.8 Å². The molecule has 0 saturated carbocycles. The Morgan fingerprint density at radius 1 is 1.15 bits per heavy atom. The monoisotopic (exact) mass is 480 g/mol. The molecule has 1 aliphatic rings. The lowest BCUT2D eigenvalue weighted by Crippen LogP contribution is -2.34. The van der Waals surface area contributed by atoms with Crippen molar-refractivity contribution >= 4 is 23.4 Å². The summed E-state index contributed by atoms with van der Waals surface area (Å²) < 4.78 is 46.9. The van der Waals surface area contributed by atoms with Gasteiger partial charge >= 0.3 is 6.18 Å². The molecule has 33 heavy (non-hydrogen) atoms. The molecular weight excluding hydrogens is 457 g/mol. The molecule has 0 spiro atoms. The van der Waals surface area contributed by atoms with Gasteiger partial charge in [-0.2, -0.15) is 28.5 Å². The third-order valence-electron chi connectivity index (χ3n) is 5.04. The molecule has 4 heterocycles. The molecule has 1 atom stereocenters. The zero-order valence-corrected chi connectivity index (χ0v) is 18.9. The second-order valence-electron chi connectivity index (χ2n) is 7.57. The van der Waals surface area contributed by atoms with Gasteiger partial charge in [0.1, 0.15) is 5.56 Å². The van der Waals surface area contributed by atoms with Crippen LogP contribution < -0.4 is 10.2 Å². The highest BCUT2D eigenvalue weighted by Crippen LogP contribution is 2.33. The van der Waals surface area contributed by atoms with E-state index in [0.717, 1.165) is 29.0 Å². The van der Waals surface area contributed by atoms with E-state index in [-0.39, 0.29) is 24.9 Å². The standard InChI is InChI=1S/C20H23F3N8OS/c1-13(28-18-9-27-26-8-17(18)20(21,22)23)11-32-12-14-5-15-10-30(3-4-31(15)29-14)19-24-6-16(33-2)7-25-19/h5-9,13H,3-4,10-12H2,1-2H3,(H,26,28)/t13-/m0/s1. The third-order valence-corrected chi connectivity index (χ3v) is 5.72. The van der Waals surface area contributed by atoms with E-state index in [2.05, 4.69) is 35.5 Å². The molecule has 1 aliphatic heterocycles. The molecule has 0 aromatic carbocycles. The summed E-state index contributed by atoms with van der Waals surface area (Å²) in [5.74, 6) is 0.682. The molecule has 3 aromatic heterocycles. The van der Waals surface area contributed by atoms with Crippen LogP contribution in [0.4, 0.5) is 24.8 Å². The number of alkyl halides is 3. The Kier molecular flexibility index (Phi) is 6.98. The lowest BCUT2D eigenvalue weighted by atomic mass is 10.2. The van der Waals surface area contributed by atoms with Gasteiger partial charge in [-0.25, -0.2) is 9.97 Å². The number of halogens is 3. The van der Waals surface area contributed by atoms with Crippen LogP contribution in [0.5, 0.6) is 0 Å². The predicted octanol–water partition coefficient (Wildman–Crippen LogP) is 3.24. The zero-order valence-electron chi connectivity index (χ0n) is 18.1. The second-order valence-corrected chi connectivity index (χ2v) is 8.45. The second kappa shape index (κ2) is 9.91. The average molecular weight is 481 g/mol. The maximum atomic E-state index is 13.1. The van der Waals surface area contributed by atoms with Crippen molar-refractivity contribution in [2.75, 3.05) is 29.6 Å². The van der Waals surface area contributed by atoms with Gasteiger partial charge < -0.3 is 15.0 Å². The number of ether oxygens (including phenoxy) is 1. The Bertz CT molecular complexity index is 1080. The molecule has 3 aromatic rings. The van der Waals surface area contributed by atoms with Gasteiger partial charge in [-0.1, -0.05) is 0 Å². The summed E-state index contributed by atoms with van der Waals surface area (Å²) in [6.45, 7) is 4.28. The summed E-state index contributed by atoms with van der Waals surface area (Å²) in [7, 11) is 0. The van der Waals surface area contributed by atoms with Crippen molar-refractivity contribution in [2.24, 2.45) is 0 Å². The van der Waals surface area contributed by atoms with Crippen molar-refractivity contribution in [3.63, 3.8) is 0 Å². The largest absolute Gasteiger partial charge is 0.420 e. The van der Waals surface area contributed by atoms with Gasteiger partial charge in [0.2, 0.25) is 5.95 Å². The maximum Gasteiger partial charge on any atom is 0.420 e. The number of rotatable bonds is 8. The summed E-state index contributed by atoms with van der Waals surface area (Å²) in [6, 6.07) is 1.60. The van der Waals surface area contributed by atoms with Crippen molar-refractivity contribution in [3.05, 3.63) is 47.8 Å². The van der Waals surface area contributed by atoms with E-state index in [4.69, 9.17) is 4.74 Å². The minimum absolute atomic E-state index is 0.126. The summed E-state index contributed by atoms with van der Waals surface area (Å²) in [6.07, 6.45) is 2.86. The Labute approximate surface area is 192 Å². The predicted molar refractivity (Wildman–Crippen MR) is 117 cm³/mol. The van der Waals surface area contributed by atoms with Crippen LogP contribution in [-0.4, -0.2) is 55.4 Å². The molecule has 0 saturated heterocycles. The lowest BCUT2D eigenvalue weighted by molar-refractivity contribution is -0.137. The molecule has 0 bridgehead atoms. The van der Waals surface area contributed by atoms with E-state index < -0.39 is 11.7 Å². The van der Waals surface area contributed by atoms with Crippen LogP contribution in [-0.2, 0) is 30.6 Å². The first-order valence-electron chi connectivity index (χ1n) is 10.2. The summed E-state index contributed by atoms with van der Waals surface area (Å²) >= 11 is 1.60. The molecule has 9 nitrogen and oxygen atoms in total. The highest BCUT2D eigenvalue weighted by Gasteiger charge is 2.34. The van der Waals surface area contributed by atoms with Crippen molar-refractivity contribution in [3.8, 4) is 0 Å². The smallest absolute Gasteiger partial charge is 0.378 e. The van der Waals surface area contributed by atoms with Crippen molar-refractivity contribution in [1.29, 1.82) is 0 Å². The number of aromatic nitrogens is 6. The van der Waals surface area contributed by atoms with E-state index in [1.54, 1.807) is 18.7 Å². The first-order valence-corrected chi connectivity index (χ1v) is 11.4. The summed E-state index contributed by atoms with van der Waals surface area (Å²) in [5.41, 5.74) is 0.808. The Hall–Kier alpha value is -2.93. The van der Waals surface area contributed by atoms with Crippen LogP contribution >= 0.6 is 11.8 Å². The van der Waals surface area contributed by atoms with Gasteiger partial charge in [-0.3, -0.25) is 4.68 Å². The van der Waals surface area contributed by atoms with Gasteiger partial charge in [0, 0.05) is 29.9 Å². The van der Waals surface area contributed by atoms with Crippen molar-refractivity contribution < 1.29 is 17.9 Å². The number of hydrogen-bond donors (Lipinski definition) is 1. The minimum Gasteiger partial charge on any atom is -0.378 e. The van der Waals surface area contributed by atoms with E-state index in [9.17, 15) is 13.2 Å². The fourth-order valence-electron chi connectivity index (χ4n) is 3.45. The van der Waals surface area contributed by atoms with Crippen LogP contribution in [0.25, 0.3) is 0 Å². The van der Waals surface area contributed by atoms with Gasteiger partial charge in [0.25, 0.3) is 0 Å². The molecule has 1 N–H and O–H groups in total. The van der Waals surface area contributed by atoms with Crippen LogP contribution in [0, 0.1) is 0 Å². The maximum absolute atomic E-state index is 13.1. The number of nitrogens with zero attached hydrogens (tertiary/aromatic N) is 7. The van der Waals surface area contributed by atoms with Gasteiger partial charge in [0.15, 0.2) is 0 Å². The van der Waals surface area contributed by atoms with Crippen LogP contribution in [0.1, 0.15) is 23.9 Å². The molecule has 0 unspecified atom stereocenters. The normalized spacial score (nSPS) is 14.8. The Morgan fingerprint density at radius 2 is 1.91 bits per heavy atom. The molecule has 0 amide bonds. The van der Waals surface area contributed by atoms with Gasteiger partial charge in [-0.05, 0) is 19.2 Å². The van der Waals surface area contributed by atoms with Crippen molar-refractivity contribution in [1.82, 2.24) is 29.9 Å². The zero-order chi connectivity index (χ0) is 23.4. The molecule has 0 radical (unpaired) electrons. The van der Waals surface area contributed by atoms with E-state index >= 15 is 0 Å². The SMILES string of the molecule is CSc1cnc(N2CCn3nc(COC[C@H](C)Nc4cnncc4C(F)(F)F)cc3C2)nc1. The Morgan fingerprint density at radius 3 is 2.64 bits per heavy atom. The molecule has 4 rings (SSSR count). The third kappa shape index (κ3) is 5.71. The first-order chi connectivity index (χ1) is 15.8. The van der Waals surface area contributed by atoms with E-state index in [1.807, 2.05) is 29.4 Å². The highest BCUT2D eigenvalue weighted by molar-refractivity contribution is 7.98. The number of nitrogens with one attached hydrogen (secondary N) is 1. The summed E-state index contributed by atoms with van der Waals surface area (Å²) in [5, 5.41) is 14.2. The molecule has 13 heteroatoms. The Balaban J connectivity index is 1.30. The quantitative estimate of drug-likeness (QED) is 0.488. The minimum atomic E-state index is -4.51. The number of anilines is 2. The van der Waals surface area contributed by atoms with E-state index in [1.165, 1.54) is 0 Å². The number of thioether (sulfide) groups is 1. The highest BCUT2D eigenvalue weighted by atomic mass is 32.2. The molecule has 0 aliphatic carbocycles. The van der Waals surface area contributed by atoms with Gasteiger partial charge in [-0.15, -0.1) is 11.8 Å². The molecule has 176 valence electrons. The van der Waals surface area contributed by atoms with E-state index in [0.29, 0.717) is 25.2 Å².